The Morgan fingerprint density at radius 3 is 2.42 bits per heavy atom. The fourth-order valence-corrected chi connectivity index (χ4v) is 5.19. The molecule has 1 aromatic heterocycles. The summed E-state index contributed by atoms with van der Waals surface area (Å²) in [5, 5.41) is 9.85. The van der Waals surface area contributed by atoms with Crippen LogP contribution in [-0.2, 0) is 27.2 Å². The van der Waals surface area contributed by atoms with Crippen molar-refractivity contribution in [1.82, 2.24) is 9.29 Å². The monoisotopic (exact) mass is 492 g/mol. The molecule has 0 radical (unpaired) electrons. The van der Waals surface area contributed by atoms with Gasteiger partial charge in [-0.3, -0.25) is 4.79 Å². The number of nitrogens with one attached hydrogen (secondary N) is 1. The summed E-state index contributed by atoms with van der Waals surface area (Å²) in [5.74, 6) is 0.404. The first-order chi connectivity index (χ1) is 15.6. The summed E-state index contributed by atoms with van der Waals surface area (Å²) >= 11 is 6.42. The Hall–Kier alpha value is -3.08. The molecule has 1 amide bonds. The largest absolute Gasteiger partial charge is 0.495 e. The van der Waals surface area contributed by atoms with E-state index in [4.69, 9.17) is 26.2 Å². The molecule has 0 unspecified atom stereocenters. The summed E-state index contributed by atoms with van der Waals surface area (Å²) in [5.41, 5.74) is 1.40. The number of aryl methyl sites for hydroxylation is 1. The number of ether oxygens (including phenoxy) is 2. The Labute approximate surface area is 194 Å². The Bertz CT molecular complexity index is 1360. The zero-order valence-corrected chi connectivity index (χ0v) is 19.4. The molecule has 11 heteroatoms. The van der Waals surface area contributed by atoms with Gasteiger partial charge in [0.15, 0.2) is 5.78 Å². The lowest BCUT2D eigenvalue weighted by Crippen LogP contribution is -2.48. The minimum absolute atomic E-state index is 0.115. The van der Waals surface area contributed by atoms with E-state index in [9.17, 15) is 18.0 Å². The van der Waals surface area contributed by atoms with Gasteiger partial charge in [-0.1, -0.05) is 23.7 Å². The number of fused-ring (bicyclic) bond motifs is 1. The highest BCUT2D eigenvalue weighted by Crippen LogP contribution is 2.39. The number of hydrogen-bond donors (Lipinski definition) is 2. The van der Waals surface area contributed by atoms with Gasteiger partial charge in [0.25, 0.3) is 10.0 Å². The van der Waals surface area contributed by atoms with Gasteiger partial charge in [0.1, 0.15) is 5.75 Å². The number of aromatic nitrogens is 1. The number of hydrogen-bond acceptors (Lipinski definition) is 6. The van der Waals surface area contributed by atoms with Crippen LogP contribution < -0.4 is 9.46 Å². The van der Waals surface area contributed by atoms with Gasteiger partial charge in [0.05, 0.1) is 41.5 Å². The maximum atomic E-state index is 13.3. The zero-order valence-electron chi connectivity index (χ0n) is 17.8. The molecular formula is C22H21ClN2O7S. The second-order valence-electron chi connectivity index (χ2n) is 7.91. The summed E-state index contributed by atoms with van der Waals surface area (Å²) in [6.45, 7) is 0.605. The molecule has 9 nitrogen and oxygen atoms in total. The Morgan fingerprint density at radius 2 is 1.88 bits per heavy atom. The van der Waals surface area contributed by atoms with Crippen molar-refractivity contribution in [3.63, 3.8) is 0 Å². The molecule has 174 valence electrons. The molecule has 4 rings (SSSR count). The number of halogens is 1. The second-order valence-corrected chi connectivity index (χ2v) is 9.97. The minimum Gasteiger partial charge on any atom is -0.495 e. The van der Waals surface area contributed by atoms with Crippen molar-refractivity contribution in [1.29, 1.82) is 0 Å². The number of rotatable bonds is 7. The van der Waals surface area contributed by atoms with E-state index in [1.165, 1.54) is 24.0 Å². The predicted molar refractivity (Wildman–Crippen MR) is 121 cm³/mol. The number of methoxy groups -OCH3 is 1. The van der Waals surface area contributed by atoms with Crippen LogP contribution >= 0.6 is 11.6 Å². The summed E-state index contributed by atoms with van der Waals surface area (Å²) in [4.78, 5) is 23.8. The van der Waals surface area contributed by atoms with Gasteiger partial charge < -0.3 is 19.1 Å². The van der Waals surface area contributed by atoms with Gasteiger partial charge in [0.2, 0.25) is 0 Å². The van der Waals surface area contributed by atoms with Gasteiger partial charge in [-0.05, 0) is 35.9 Å². The molecule has 0 bridgehead atoms. The number of benzene rings is 2. The van der Waals surface area contributed by atoms with E-state index in [0.717, 1.165) is 11.1 Å². The van der Waals surface area contributed by atoms with Crippen LogP contribution in [0, 0.1) is 0 Å². The third-order valence-electron chi connectivity index (χ3n) is 5.89. The topological polar surface area (TPSA) is 124 Å². The van der Waals surface area contributed by atoms with Crippen LogP contribution in [0.1, 0.15) is 22.5 Å². The number of carboxylic acid groups (broad SMARTS) is 1. The van der Waals surface area contributed by atoms with Gasteiger partial charge in [-0.2, -0.15) is 0 Å². The summed E-state index contributed by atoms with van der Waals surface area (Å²) in [7, 11) is -0.867. The minimum atomic E-state index is -4.18. The summed E-state index contributed by atoms with van der Waals surface area (Å²) < 4.78 is 38.1. The summed E-state index contributed by atoms with van der Waals surface area (Å²) in [6.07, 6.45) is -1.52. The third kappa shape index (κ3) is 4.05. The zero-order chi connectivity index (χ0) is 24.0. The molecule has 0 atom stereocenters. The quantitative estimate of drug-likeness (QED) is 0.485. The highest BCUT2D eigenvalue weighted by molar-refractivity contribution is 7.90. The first-order valence-electron chi connectivity index (χ1n) is 9.87. The van der Waals surface area contributed by atoms with Crippen molar-refractivity contribution in [2.75, 3.05) is 20.3 Å². The molecule has 0 saturated carbocycles. The maximum Gasteiger partial charge on any atom is 0.418 e. The van der Waals surface area contributed by atoms with Crippen molar-refractivity contribution in [2.45, 2.75) is 16.7 Å². The van der Waals surface area contributed by atoms with Crippen molar-refractivity contribution in [2.24, 2.45) is 7.05 Å². The molecule has 2 N–H and O–H groups in total. The van der Waals surface area contributed by atoms with Crippen molar-refractivity contribution in [3.8, 4) is 5.75 Å². The average molecular weight is 493 g/mol. The predicted octanol–water partition coefficient (Wildman–Crippen LogP) is 3.34. The third-order valence-corrected chi connectivity index (χ3v) is 7.61. The van der Waals surface area contributed by atoms with Crippen LogP contribution in [0.2, 0.25) is 5.02 Å². The number of carbonyl (C=O) groups is 2. The van der Waals surface area contributed by atoms with Crippen molar-refractivity contribution >= 4 is 44.4 Å². The molecule has 1 saturated heterocycles. The number of carbonyl (C=O) groups excluding carboxylic acids is 1. The average Bonchev–Trinajstić information content (AvgIpc) is 3.08. The first-order valence-corrected chi connectivity index (χ1v) is 11.7. The fourth-order valence-electron chi connectivity index (χ4n) is 4.06. The lowest BCUT2D eigenvalue weighted by atomic mass is 9.74. The fraction of sp³-hybridized carbons (Fsp3) is 0.273. The molecule has 1 aliphatic heterocycles. The van der Waals surface area contributed by atoms with Gasteiger partial charge in [-0.15, -0.1) is 0 Å². The van der Waals surface area contributed by atoms with Gasteiger partial charge in [-0.25, -0.2) is 17.9 Å². The molecule has 1 aliphatic rings. The standard InChI is InChI=1S/C22H21ClN2O7S/c1-25-16-7-8-19(31-2)20(23)15(16)9-17(25)18(26)10-22(11-32-12-22)13-3-5-14(6-4-13)33(29,30)24-21(27)28/h3-9,24H,10-12H2,1-2H3,(H,27,28). The van der Waals surface area contributed by atoms with E-state index in [0.29, 0.717) is 35.1 Å². The lowest BCUT2D eigenvalue weighted by Gasteiger charge is -2.41. The van der Waals surface area contributed by atoms with Crippen molar-refractivity contribution in [3.05, 3.63) is 58.7 Å². The Kier molecular flexibility index (Phi) is 5.85. The number of ketones is 1. The highest BCUT2D eigenvalue weighted by Gasteiger charge is 2.43. The second kappa shape index (κ2) is 8.36. The van der Waals surface area contributed by atoms with Crippen LogP contribution in [0.4, 0.5) is 4.79 Å². The molecule has 0 aliphatic carbocycles. The van der Waals surface area contributed by atoms with Crippen LogP contribution in [0.3, 0.4) is 0 Å². The molecule has 2 heterocycles. The molecule has 1 fully saturated rings. The van der Waals surface area contributed by atoms with E-state index in [2.05, 4.69) is 0 Å². The smallest absolute Gasteiger partial charge is 0.418 e. The van der Waals surface area contributed by atoms with E-state index >= 15 is 0 Å². The Balaban J connectivity index is 1.63. The normalized spacial score (nSPS) is 15.1. The number of amides is 1. The maximum absolute atomic E-state index is 13.3. The molecule has 3 aromatic rings. The van der Waals surface area contributed by atoms with Crippen LogP contribution in [0.15, 0.2) is 47.4 Å². The van der Waals surface area contributed by atoms with Crippen LogP contribution in [0.5, 0.6) is 5.75 Å². The molecule has 2 aromatic carbocycles. The van der Waals surface area contributed by atoms with E-state index in [1.54, 1.807) is 35.9 Å². The van der Waals surface area contributed by atoms with E-state index in [1.807, 2.05) is 6.07 Å². The van der Waals surface area contributed by atoms with Gasteiger partial charge in [0, 0.05) is 24.3 Å². The van der Waals surface area contributed by atoms with Crippen molar-refractivity contribution < 1.29 is 32.6 Å². The number of nitrogens with zero attached hydrogens (tertiary/aromatic N) is 1. The lowest BCUT2D eigenvalue weighted by molar-refractivity contribution is -0.0601. The van der Waals surface area contributed by atoms with E-state index < -0.39 is 21.5 Å². The molecule has 33 heavy (non-hydrogen) atoms. The van der Waals surface area contributed by atoms with E-state index in [-0.39, 0.29) is 17.1 Å². The number of Topliss-reactive ketones (excluding diaryl/α,β-unsaturated/α-hetero) is 1. The molecule has 0 spiro atoms. The van der Waals surface area contributed by atoms with Crippen LogP contribution in [-0.4, -0.2) is 50.3 Å². The van der Waals surface area contributed by atoms with Gasteiger partial charge >= 0.3 is 6.09 Å². The highest BCUT2D eigenvalue weighted by atomic mass is 35.5. The summed E-state index contributed by atoms with van der Waals surface area (Å²) in [6, 6.07) is 11.1. The Morgan fingerprint density at radius 1 is 1.21 bits per heavy atom. The van der Waals surface area contributed by atoms with Crippen LogP contribution in [0.25, 0.3) is 10.9 Å². The molecular weight excluding hydrogens is 472 g/mol. The SMILES string of the molecule is COc1ccc2c(cc(C(=O)CC3(c4ccc(S(=O)(=O)NC(=O)O)cc4)COC3)n2C)c1Cl. The first kappa shape index (κ1) is 23.1. The number of sulfonamides is 1.